The zero-order valence-electron chi connectivity index (χ0n) is 12.7. The van der Waals surface area contributed by atoms with Gasteiger partial charge in [0.25, 0.3) is 0 Å². The summed E-state index contributed by atoms with van der Waals surface area (Å²) < 4.78 is 23.2. The first kappa shape index (κ1) is 16.6. The summed E-state index contributed by atoms with van der Waals surface area (Å²) >= 11 is 0. The van der Waals surface area contributed by atoms with E-state index in [1.54, 1.807) is 0 Å². The Kier molecular flexibility index (Phi) is 6.37. The molecule has 0 amide bonds. The third-order valence-electron chi connectivity index (χ3n) is 3.76. The summed E-state index contributed by atoms with van der Waals surface area (Å²) in [5.41, 5.74) is 0. The van der Waals surface area contributed by atoms with E-state index in [9.17, 15) is 4.79 Å². The van der Waals surface area contributed by atoms with Gasteiger partial charge < -0.3 is 18.0 Å². The number of carbonyl (C=O) groups excluding carboxylic acids is 1. The Balaban J connectivity index is 1.91. The highest BCUT2D eigenvalue weighted by atomic mass is 28.4. The zero-order chi connectivity index (χ0) is 15.1. The fourth-order valence-electron chi connectivity index (χ4n) is 2.58. The lowest BCUT2D eigenvalue weighted by Crippen LogP contribution is -2.57. The monoisotopic (exact) mass is 315 g/mol. The van der Waals surface area contributed by atoms with Gasteiger partial charge >= 0.3 is 14.8 Å². The van der Waals surface area contributed by atoms with Crippen LogP contribution in [0, 0.1) is 0 Å². The Morgan fingerprint density at radius 2 is 2.14 bits per heavy atom. The SMILES string of the molecule is C=CC(=O)OCCC[Si]12OCCN(CCO1)CC(CC)O2. The normalized spacial score (nSPS) is 32.8. The lowest BCUT2D eigenvalue weighted by molar-refractivity contribution is -0.137. The fraction of sp³-hybridized carbons (Fsp3) is 0.786. The Labute approximate surface area is 127 Å². The molecule has 3 rings (SSSR count). The van der Waals surface area contributed by atoms with Gasteiger partial charge in [0.2, 0.25) is 0 Å². The number of hydrogen-bond donors (Lipinski definition) is 0. The Morgan fingerprint density at radius 3 is 2.76 bits per heavy atom. The predicted molar refractivity (Wildman–Crippen MR) is 79.8 cm³/mol. The van der Waals surface area contributed by atoms with E-state index in [0.29, 0.717) is 32.3 Å². The zero-order valence-corrected chi connectivity index (χ0v) is 13.7. The predicted octanol–water partition coefficient (Wildman–Crippen LogP) is 1.20. The minimum Gasteiger partial charge on any atom is -0.463 e. The molecule has 7 heteroatoms. The van der Waals surface area contributed by atoms with E-state index in [1.807, 2.05) is 0 Å². The quantitative estimate of drug-likeness (QED) is 0.318. The molecule has 0 aromatic rings. The van der Waals surface area contributed by atoms with Crippen LogP contribution in [0.5, 0.6) is 0 Å². The molecule has 0 N–H and O–H groups in total. The van der Waals surface area contributed by atoms with Crippen molar-refractivity contribution in [2.45, 2.75) is 31.9 Å². The molecule has 6 nitrogen and oxygen atoms in total. The van der Waals surface area contributed by atoms with Crippen LogP contribution in [0.3, 0.4) is 0 Å². The van der Waals surface area contributed by atoms with Crippen molar-refractivity contribution in [3.8, 4) is 0 Å². The summed E-state index contributed by atoms with van der Waals surface area (Å²) in [6, 6.07) is 0.688. The molecule has 3 fully saturated rings. The molecule has 3 saturated heterocycles. The lowest BCUT2D eigenvalue weighted by Gasteiger charge is -2.41. The lowest BCUT2D eigenvalue weighted by atomic mass is 10.2. The van der Waals surface area contributed by atoms with E-state index in [-0.39, 0.29) is 6.10 Å². The summed E-state index contributed by atoms with van der Waals surface area (Å²) in [5, 5.41) is 0. The molecule has 120 valence electrons. The Hall–Kier alpha value is -0.733. The second-order valence-corrected chi connectivity index (χ2v) is 7.98. The van der Waals surface area contributed by atoms with Crippen molar-refractivity contribution < 1.29 is 22.8 Å². The largest absolute Gasteiger partial charge is 0.501 e. The van der Waals surface area contributed by atoms with E-state index >= 15 is 0 Å². The topological polar surface area (TPSA) is 57.2 Å². The number of esters is 1. The van der Waals surface area contributed by atoms with Crippen LogP contribution in [0.15, 0.2) is 12.7 Å². The van der Waals surface area contributed by atoms with Crippen LogP contribution in [0.2, 0.25) is 6.04 Å². The molecule has 0 saturated carbocycles. The molecular weight excluding hydrogens is 290 g/mol. The van der Waals surface area contributed by atoms with Crippen molar-refractivity contribution in [1.29, 1.82) is 0 Å². The summed E-state index contributed by atoms with van der Waals surface area (Å²) in [7, 11) is -2.64. The summed E-state index contributed by atoms with van der Waals surface area (Å²) in [5.74, 6) is -0.394. The van der Waals surface area contributed by atoms with Crippen LogP contribution in [0.1, 0.15) is 19.8 Å². The van der Waals surface area contributed by atoms with Gasteiger partial charge in [0.05, 0.1) is 25.9 Å². The minimum absolute atomic E-state index is 0.160. The second kappa shape index (κ2) is 8.05. The van der Waals surface area contributed by atoms with Crippen molar-refractivity contribution in [1.82, 2.24) is 4.90 Å². The molecule has 0 aromatic carbocycles. The van der Waals surface area contributed by atoms with Gasteiger partial charge in [0.15, 0.2) is 0 Å². The van der Waals surface area contributed by atoms with E-state index in [0.717, 1.165) is 26.1 Å². The second-order valence-electron chi connectivity index (χ2n) is 5.30. The molecule has 21 heavy (non-hydrogen) atoms. The maximum Gasteiger partial charge on any atom is 0.501 e. The van der Waals surface area contributed by atoms with Crippen molar-refractivity contribution >= 4 is 14.8 Å². The van der Waals surface area contributed by atoms with Gasteiger partial charge in [0, 0.05) is 31.8 Å². The van der Waals surface area contributed by atoms with Crippen LogP contribution in [-0.2, 0) is 22.8 Å². The van der Waals surface area contributed by atoms with Crippen molar-refractivity contribution in [3.05, 3.63) is 12.7 Å². The van der Waals surface area contributed by atoms with Crippen LogP contribution in [0.4, 0.5) is 0 Å². The molecule has 3 heterocycles. The number of carbonyl (C=O) groups is 1. The molecule has 3 aliphatic rings. The van der Waals surface area contributed by atoms with Crippen molar-refractivity contribution in [3.63, 3.8) is 0 Å². The molecule has 0 aromatic heterocycles. The first-order valence-electron chi connectivity index (χ1n) is 7.65. The molecular formula is C14H25NO5Si. The Bertz CT molecular complexity index is 355. The number of fused-ring (bicyclic) bond motifs is 6. The first-order valence-corrected chi connectivity index (χ1v) is 9.58. The highest BCUT2D eigenvalue weighted by Gasteiger charge is 2.45. The van der Waals surface area contributed by atoms with Gasteiger partial charge in [-0.3, -0.25) is 4.90 Å². The van der Waals surface area contributed by atoms with E-state index < -0.39 is 14.8 Å². The molecule has 0 radical (unpaired) electrons. The third-order valence-corrected chi connectivity index (χ3v) is 6.71. The van der Waals surface area contributed by atoms with Crippen LogP contribution in [-0.4, -0.2) is 65.2 Å². The van der Waals surface area contributed by atoms with E-state index in [2.05, 4.69) is 18.4 Å². The van der Waals surface area contributed by atoms with Crippen LogP contribution in [0.25, 0.3) is 0 Å². The van der Waals surface area contributed by atoms with Crippen molar-refractivity contribution in [2.24, 2.45) is 0 Å². The number of ether oxygens (including phenoxy) is 1. The van der Waals surface area contributed by atoms with Crippen LogP contribution >= 0.6 is 0 Å². The molecule has 2 bridgehead atoms. The number of rotatable bonds is 6. The van der Waals surface area contributed by atoms with Crippen molar-refractivity contribution in [2.75, 3.05) is 39.5 Å². The van der Waals surface area contributed by atoms with Gasteiger partial charge in [-0.25, -0.2) is 4.79 Å². The summed E-state index contributed by atoms with van der Waals surface area (Å²) in [4.78, 5) is 13.4. The molecule has 1 atom stereocenters. The standard InChI is InChI=1S/C14H25NO5Si/c1-3-13-12-15-6-9-18-21(20-13,19-10-7-15)11-5-8-17-14(16)4-2/h4,13H,2-3,5-12H2,1H3. The van der Waals surface area contributed by atoms with E-state index in [1.165, 1.54) is 6.08 Å². The highest BCUT2D eigenvalue weighted by Crippen LogP contribution is 2.25. The highest BCUT2D eigenvalue weighted by molar-refractivity contribution is 6.60. The van der Waals surface area contributed by atoms with Gasteiger partial charge in [-0.15, -0.1) is 0 Å². The van der Waals surface area contributed by atoms with Gasteiger partial charge in [-0.2, -0.15) is 0 Å². The average molecular weight is 315 g/mol. The average Bonchev–Trinajstić information content (AvgIpc) is 2.43. The van der Waals surface area contributed by atoms with Gasteiger partial charge in [0.1, 0.15) is 0 Å². The Morgan fingerprint density at radius 1 is 1.43 bits per heavy atom. The van der Waals surface area contributed by atoms with Gasteiger partial charge in [-0.1, -0.05) is 13.5 Å². The summed E-state index contributed by atoms with van der Waals surface area (Å²) in [6.07, 6.45) is 2.97. The number of hydrogen-bond acceptors (Lipinski definition) is 6. The molecule has 1 unspecified atom stereocenters. The maximum atomic E-state index is 11.0. The van der Waals surface area contributed by atoms with E-state index in [4.69, 9.17) is 18.0 Å². The van der Waals surface area contributed by atoms with Gasteiger partial charge in [-0.05, 0) is 12.8 Å². The third kappa shape index (κ3) is 4.89. The fourth-order valence-corrected chi connectivity index (χ4v) is 5.34. The molecule has 0 aliphatic carbocycles. The summed E-state index contributed by atoms with van der Waals surface area (Å²) in [6.45, 7) is 9.96. The molecule has 3 aliphatic heterocycles. The molecule has 0 spiro atoms. The number of nitrogens with zero attached hydrogens (tertiary/aromatic N) is 1. The smallest absolute Gasteiger partial charge is 0.463 e. The minimum atomic E-state index is -2.64. The van der Waals surface area contributed by atoms with Crippen LogP contribution < -0.4 is 0 Å². The first-order chi connectivity index (χ1) is 10.2. The maximum absolute atomic E-state index is 11.0.